The topological polar surface area (TPSA) is 41.4 Å². The first kappa shape index (κ1) is 18.4. The normalized spacial score (nSPS) is 11.2. The first-order valence-electron chi connectivity index (χ1n) is 8.49. The van der Waals surface area contributed by atoms with E-state index >= 15 is 0 Å². The summed E-state index contributed by atoms with van der Waals surface area (Å²) in [6, 6.07) is 16.3. The smallest absolute Gasteiger partial charge is 0.186 e. The number of para-hydroxylation sites is 1. The number of thiocarbonyl (C=S) groups is 1. The van der Waals surface area contributed by atoms with Gasteiger partial charge in [-0.1, -0.05) is 41.9 Å². The standard InChI is InChI=1S/C20H21ClN4S/c1-3-22-20(26)24-23-12-18-14(2)25(19-7-5-4-6-17(18)19)13-15-8-10-16(21)11-9-15/h4-12H,3,13H2,1-2H3,(H2,22,24,26)/b23-12-. The third-order valence-corrected chi connectivity index (χ3v) is 4.72. The highest BCUT2D eigenvalue weighted by atomic mass is 35.5. The molecule has 1 aromatic heterocycles. The van der Waals surface area contributed by atoms with E-state index in [9.17, 15) is 0 Å². The Bertz CT molecular complexity index is 944. The average molecular weight is 385 g/mol. The number of rotatable bonds is 5. The molecule has 0 aliphatic heterocycles. The van der Waals surface area contributed by atoms with Crippen LogP contribution in [-0.4, -0.2) is 22.4 Å². The Hall–Kier alpha value is -2.37. The van der Waals surface area contributed by atoms with E-state index < -0.39 is 0 Å². The largest absolute Gasteiger partial charge is 0.362 e. The van der Waals surface area contributed by atoms with Gasteiger partial charge in [-0.15, -0.1) is 0 Å². The van der Waals surface area contributed by atoms with Crippen LogP contribution in [0.15, 0.2) is 53.6 Å². The lowest BCUT2D eigenvalue weighted by Crippen LogP contribution is -2.31. The third kappa shape index (κ3) is 4.06. The van der Waals surface area contributed by atoms with Crippen LogP contribution in [-0.2, 0) is 6.54 Å². The lowest BCUT2D eigenvalue weighted by atomic mass is 10.1. The van der Waals surface area contributed by atoms with Gasteiger partial charge in [0.25, 0.3) is 0 Å². The van der Waals surface area contributed by atoms with Crippen LogP contribution in [0, 0.1) is 6.92 Å². The molecule has 0 aliphatic carbocycles. The summed E-state index contributed by atoms with van der Waals surface area (Å²) in [5.41, 5.74) is 7.47. The molecule has 0 unspecified atom stereocenters. The summed E-state index contributed by atoms with van der Waals surface area (Å²) < 4.78 is 2.29. The van der Waals surface area contributed by atoms with Crippen molar-refractivity contribution in [2.24, 2.45) is 5.10 Å². The van der Waals surface area contributed by atoms with Gasteiger partial charge in [-0.3, -0.25) is 5.43 Å². The predicted octanol–water partition coefficient (Wildman–Crippen LogP) is 4.47. The number of fused-ring (bicyclic) bond motifs is 1. The van der Waals surface area contributed by atoms with Crippen LogP contribution in [0.25, 0.3) is 10.9 Å². The summed E-state index contributed by atoms with van der Waals surface area (Å²) in [5, 5.41) is 9.74. The van der Waals surface area contributed by atoms with Gasteiger partial charge in [0, 0.05) is 40.3 Å². The van der Waals surface area contributed by atoms with E-state index in [-0.39, 0.29) is 0 Å². The molecule has 1 heterocycles. The molecule has 0 saturated heterocycles. The number of nitrogens with zero attached hydrogens (tertiary/aromatic N) is 2. The Morgan fingerprint density at radius 2 is 1.92 bits per heavy atom. The second-order valence-corrected chi connectivity index (χ2v) is 6.80. The van der Waals surface area contributed by atoms with E-state index in [1.54, 1.807) is 0 Å². The molecular formula is C20H21ClN4S. The minimum absolute atomic E-state index is 0.520. The molecule has 0 fully saturated rings. The molecule has 2 N–H and O–H groups in total. The Morgan fingerprint density at radius 1 is 1.19 bits per heavy atom. The van der Waals surface area contributed by atoms with Crippen LogP contribution in [0.5, 0.6) is 0 Å². The first-order chi connectivity index (χ1) is 12.6. The number of nitrogens with one attached hydrogen (secondary N) is 2. The third-order valence-electron chi connectivity index (χ3n) is 4.23. The van der Waals surface area contributed by atoms with Gasteiger partial charge >= 0.3 is 0 Å². The zero-order valence-corrected chi connectivity index (χ0v) is 16.4. The quantitative estimate of drug-likeness (QED) is 0.387. The SMILES string of the molecule is CCNC(=S)N/N=C\c1c(C)n(Cc2ccc(Cl)cc2)c2ccccc12. The van der Waals surface area contributed by atoms with Crippen molar-refractivity contribution >= 4 is 46.0 Å². The van der Waals surface area contributed by atoms with Gasteiger partial charge < -0.3 is 9.88 Å². The van der Waals surface area contributed by atoms with Gasteiger partial charge in [0.15, 0.2) is 5.11 Å². The predicted molar refractivity (Wildman–Crippen MR) is 114 cm³/mol. The van der Waals surface area contributed by atoms with E-state index in [1.165, 1.54) is 16.5 Å². The molecule has 2 aromatic carbocycles. The van der Waals surface area contributed by atoms with E-state index in [1.807, 2.05) is 31.3 Å². The highest BCUT2D eigenvalue weighted by Crippen LogP contribution is 2.25. The zero-order chi connectivity index (χ0) is 18.5. The van der Waals surface area contributed by atoms with Crippen LogP contribution in [0.4, 0.5) is 0 Å². The van der Waals surface area contributed by atoms with Crippen molar-refractivity contribution in [3.63, 3.8) is 0 Å². The maximum absolute atomic E-state index is 6.00. The molecule has 4 nitrogen and oxygen atoms in total. The first-order valence-corrected chi connectivity index (χ1v) is 9.28. The fourth-order valence-corrected chi connectivity index (χ4v) is 3.28. The van der Waals surface area contributed by atoms with Crippen LogP contribution in [0.2, 0.25) is 5.02 Å². The lowest BCUT2D eigenvalue weighted by molar-refractivity contribution is 0.804. The molecule has 3 rings (SSSR count). The van der Waals surface area contributed by atoms with Crippen molar-refractivity contribution in [2.75, 3.05) is 6.54 Å². The molecule has 0 atom stereocenters. The second kappa shape index (κ2) is 8.34. The van der Waals surface area contributed by atoms with Gasteiger partial charge in [-0.05, 0) is 49.8 Å². The van der Waals surface area contributed by atoms with Crippen LogP contribution < -0.4 is 10.7 Å². The molecule has 3 aromatic rings. The summed E-state index contributed by atoms with van der Waals surface area (Å²) in [4.78, 5) is 0. The van der Waals surface area contributed by atoms with Crippen molar-refractivity contribution < 1.29 is 0 Å². The van der Waals surface area contributed by atoms with Gasteiger partial charge in [-0.2, -0.15) is 5.10 Å². The maximum Gasteiger partial charge on any atom is 0.186 e. The molecule has 134 valence electrons. The Balaban J connectivity index is 1.94. The summed E-state index contributed by atoms with van der Waals surface area (Å²) in [5.74, 6) is 0. The minimum atomic E-state index is 0.520. The molecule has 6 heteroatoms. The lowest BCUT2D eigenvalue weighted by Gasteiger charge is -2.09. The molecule has 0 saturated carbocycles. The number of benzene rings is 2. The second-order valence-electron chi connectivity index (χ2n) is 5.96. The van der Waals surface area contributed by atoms with Crippen LogP contribution in [0.1, 0.15) is 23.7 Å². The molecular weight excluding hydrogens is 364 g/mol. The molecule has 0 amide bonds. The molecule has 0 bridgehead atoms. The Labute approximate surface area is 163 Å². The highest BCUT2D eigenvalue weighted by molar-refractivity contribution is 7.80. The molecule has 26 heavy (non-hydrogen) atoms. The average Bonchev–Trinajstić information content (AvgIpc) is 2.90. The van der Waals surface area contributed by atoms with Gasteiger partial charge in [0.2, 0.25) is 0 Å². The van der Waals surface area contributed by atoms with Crippen molar-refractivity contribution in [2.45, 2.75) is 20.4 Å². The number of hydrogen-bond acceptors (Lipinski definition) is 2. The Kier molecular flexibility index (Phi) is 5.91. The zero-order valence-electron chi connectivity index (χ0n) is 14.8. The minimum Gasteiger partial charge on any atom is -0.362 e. The van der Waals surface area contributed by atoms with E-state index in [4.69, 9.17) is 23.8 Å². The molecule has 0 spiro atoms. The van der Waals surface area contributed by atoms with Gasteiger partial charge in [0.05, 0.1) is 6.21 Å². The number of halogens is 1. The van der Waals surface area contributed by atoms with Crippen molar-refractivity contribution in [3.8, 4) is 0 Å². The monoisotopic (exact) mass is 384 g/mol. The van der Waals surface area contributed by atoms with E-state index in [0.29, 0.717) is 5.11 Å². The van der Waals surface area contributed by atoms with Gasteiger partial charge in [-0.25, -0.2) is 0 Å². The van der Waals surface area contributed by atoms with Crippen molar-refractivity contribution in [1.29, 1.82) is 0 Å². The van der Waals surface area contributed by atoms with E-state index in [0.717, 1.165) is 29.4 Å². The van der Waals surface area contributed by atoms with Crippen molar-refractivity contribution in [1.82, 2.24) is 15.3 Å². The summed E-state index contributed by atoms with van der Waals surface area (Å²) in [6.07, 6.45) is 1.83. The molecule has 0 radical (unpaired) electrons. The van der Waals surface area contributed by atoms with Crippen LogP contribution >= 0.6 is 23.8 Å². The number of aromatic nitrogens is 1. The van der Waals surface area contributed by atoms with Gasteiger partial charge in [0.1, 0.15) is 0 Å². The summed E-state index contributed by atoms with van der Waals surface area (Å²) in [6.45, 7) is 5.65. The summed E-state index contributed by atoms with van der Waals surface area (Å²) in [7, 11) is 0. The summed E-state index contributed by atoms with van der Waals surface area (Å²) >= 11 is 11.2. The van der Waals surface area contributed by atoms with Crippen LogP contribution in [0.3, 0.4) is 0 Å². The van der Waals surface area contributed by atoms with Crippen molar-refractivity contribution in [3.05, 3.63) is 70.4 Å². The number of hydrogen-bond donors (Lipinski definition) is 2. The fraction of sp³-hybridized carbons (Fsp3) is 0.200. The molecule has 0 aliphatic rings. The highest BCUT2D eigenvalue weighted by Gasteiger charge is 2.12. The maximum atomic E-state index is 6.00. The number of hydrazone groups is 1. The fourth-order valence-electron chi connectivity index (χ4n) is 2.95. The van der Waals surface area contributed by atoms with E-state index in [2.05, 4.69) is 57.7 Å². The Morgan fingerprint density at radius 3 is 2.65 bits per heavy atom.